The smallest absolute Gasteiger partial charge is 0.169 e. The number of rotatable bonds is 10. The van der Waals surface area contributed by atoms with Crippen LogP contribution >= 0.6 is 11.3 Å². The largest absolute Gasteiger partial charge is 0.404 e. The van der Waals surface area contributed by atoms with Gasteiger partial charge < -0.3 is 32.6 Å². The quantitative estimate of drug-likeness (QED) is 0.337. The van der Waals surface area contributed by atoms with Crippen molar-refractivity contribution in [2.45, 2.75) is 13.5 Å². The van der Waals surface area contributed by atoms with E-state index in [0.717, 1.165) is 22.0 Å². The van der Waals surface area contributed by atoms with Gasteiger partial charge in [0.25, 0.3) is 0 Å². The fourth-order valence-corrected chi connectivity index (χ4v) is 3.14. The molecular formula is C17H24N8OS. The third-order valence-corrected chi connectivity index (χ3v) is 4.56. The summed E-state index contributed by atoms with van der Waals surface area (Å²) in [6, 6.07) is 2.00. The number of aliphatic imine (C=N–C) groups is 1. The van der Waals surface area contributed by atoms with Gasteiger partial charge >= 0.3 is 0 Å². The number of aliphatic hydroxyl groups excluding tert-OH is 1. The predicted molar refractivity (Wildman–Crippen MR) is 113 cm³/mol. The minimum absolute atomic E-state index is 0.0397. The van der Waals surface area contributed by atoms with E-state index in [-0.39, 0.29) is 19.0 Å². The number of hydrogen-bond donors (Lipinski definition) is 6. The highest BCUT2D eigenvalue weighted by atomic mass is 32.1. The highest BCUT2D eigenvalue weighted by molar-refractivity contribution is 7.14. The fourth-order valence-electron chi connectivity index (χ4n) is 2.23. The molecule has 0 unspecified atom stereocenters. The number of nitrogen functional groups attached to an aromatic ring is 1. The van der Waals surface area contributed by atoms with Gasteiger partial charge in [0, 0.05) is 35.6 Å². The summed E-state index contributed by atoms with van der Waals surface area (Å²) in [6.07, 6.45) is 5.78. The lowest BCUT2D eigenvalue weighted by Crippen LogP contribution is -2.08. The van der Waals surface area contributed by atoms with Gasteiger partial charge in [-0.15, -0.1) is 11.3 Å². The molecule has 10 heteroatoms. The molecule has 2 heterocycles. The van der Waals surface area contributed by atoms with Crippen molar-refractivity contribution in [2.24, 2.45) is 10.7 Å². The van der Waals surface area contributed by atoms with E-state index in [1.54, 1.807) is 6.21 Å². The monoisotopic (exact) mass is 388 g/mol. The molecule has 0 bridgehead atoms. The molecule has 0 saturated carbocycles. The lowest BCUT2D eigenvalue weighted by Gasteiger charge is -2.09. The Bertz CT molecular complexity index is 830. The summed E-state index contributed by atoms with van der Waals surface area (Å²) in [7, 11) is 0. The van der Waals surface area contributed by atoms with Crippen LogP contribution in [0.5, 0.6) is 0 Å². The van der Waals surface area contributed by atoms with Gasteiger partial charge in [0.15, 0.2) is 11.6 Å². The Morgan fingerprint density at radius 2 is 2.26 bits per heavy atom. The van der Waals surface area contributed by atoms with Gasteiger partial charge in [-0.05, 0) is 13.0 Å². The number of aromatic nitrogens is 2. The van der Waals surface area contributed by atoms with E-state index in [9.17, 15) is 0 Å². The molecule has 0 aliphatic carbocycles. The van der Waals surface area contributed by atoms with Gasteiger partial charge in [0.05, 0.1) is 42.2 Å². The zero-order valence-electron chi connectivity index (χ0n) is 15.1. The molecule has 0 fully saturated rings. The zero-order valence-corrected chi connectivity index (χ0v) is 15.9. The Morgan fingerprint density at radius 1 is 1.44 bits per heavy atom. The van der Waals surface area contributed by atoms with Crippen LogP contribution in [0, 0.1) is 5.41 Å². The Balaban J connectivity index is 2.16. The van der Waals surface area contributed by atoms with Crippen LogP contribution < -0.4 is 22.1 Å². The zero-order chi connectivity index (χ0) is 19.6. The molecule has 2 aromatic rings. The van der Waals surface area contributed by atoms with Gasteiger partial charge in [0.2, 0.25) is 0 Å². The molecule has 2 rings (SSSR count). The predicted octanol–water partition coefficient (Wildman–Crippen LogP) is 1.52. The van der Waals surface area contributed by atoms with Crippen molar-refractivity contribution in [1.82, 2.24) is 9.97 Å². The van der Waals surface area contributed by atoms with Crippen molar-refractivity contribution < 1.29 is 5.11 Å². The molecule has 9 nitrogen and oxygen atoms in total. The number of thiophene rings is 1. The summed E-state index contributed by atoms with van der Waals surface area (Å²) in [5.74, 6) is 0.718. The van der Waals surface area contributed by atoms with E-state index < -0.39 is 0 Å². The van der Waals surface area contributed by atoms with Gasteiger partial charge in [0.1, 0.15) is 0 Å². The van der Waals surface area contributed by atoms with Crippen molar-refractivity contribution >= 4 is 46.7 Å². The maximum Gasteiger partial charge on any atom is 0.169 e. The molecule has 0 aromatic carbocycles. The molecule has 0 spiro atoms. The summed E-state index contributed by atoms with van der Waals surface area (Å²) >= 11 is 1.52. The topological polar surface area (TPSA) is 158 Å². The highest BCUT2D eigenvalue weighted by Crippen LogP contribution is 2.27. The maximum atomic E-state index is 8.82. The third kappa shape index (κ3) is 5.50. The first-order chi connectivity index (χ1) is 13.1. The Kier molecular flexibility index (Phi) is 7.71. The Hall–Kier alpha value is -2.98. The van der Waals surface area contributed by atoms with Gasteiger partial charge in [-0.25, -0.2) is 9.97 Å². The van der Waals surface area contributed by atoms with Crippen molar-refractivity contribution in [3.8, 4) is 0 Å². The van der Waals surface area contributed by atoms with E-state index in [1.807, 2.05) is 13.0 Å². The average molecular weight is 389 g/mol. The third-order valence-electron chi connectivity index (χ3n) is 3.48. The van der Waals surface area contributed by atoms with Crippen molar-refractivity contribution in [3.63, 3.8) is 0 Å². The van der Waals surface area contributed by atoms with Crippen LogP contribution in [0.25, 0.3) is 5.57 Å². The number of nitrogens with zero attached hydrogens (tertiary/aromatic N) is 3. The molecule has 27 heavy (non-hydrogen) atoms. The standard InChI is InChI=1S/C17H24N8OS/c1-2-22-13-5-12(27-15(13)7-19)9-24-17-16(20)23-10-14(25-17)11(6-18)8-21-3-4-26/h5-8,10,19,22,26H,2-4,9,18H2,1H3,(H2,20,23)(H,24,25). The van der Waals surface area contributed by atoms with Gasteiger partial charge in [-0.1, -0.05) is 0 Å². The first kappa shape index (κ1) is 20.3. The molecule has 0 aliphatic heterocycles. The number of nitrogens with one attached hydrogen (secondary N) is 3. The molecule has 0 radical (unpaired) electrons. The van der Waals surface area contributed by atoms with Crippen LogP contribution in [-0.2, 0) is 6.54 Å². The lowest BCUT2D eigenvalue weighted by molar-refractivity contribution is 0.307. The van der Waals surface area contributed by atoms with E-state index in [4.69, 9.17) is 22.0 Å². The van der Waals surface area contributed by atoms with E-state index >= 15 is 0 Å². The number of allylic oxidation sites excluding steroid dienone is 1. The first-order valence-electron chi connectivity index (χ1n) is 8.39. The average Bonchev–Trinajstić information content (AvgIpc) is 3.07. The van der Waals surface area contributed by atoms with Crippen LogP contribution in [0.3, 0.4) is 0 Å². The van der Waals surface area contributed by atoms with Crippen LogP contribution in [0.1, 0.15) is 22.4 Å². The summed E-state index contributed by atoms with van der Waals surface area (Å²) in [5.41, 5.74) is 13.6. The van der Waals surface area contributed by atoms with Crippen LogP contribution in [0.15, 0.2) is 23.5 Å². The van der Waals surface area contributed by atoms with Crippen molar-refractivity contribution in [1.29, 1.82) is 5.41 Å². The normalized spacial score (nSPS) is 11.7. The maximum absolute atomic E-state index is 8.82. The fraction of sp³-hybridized carbons (Fsp3) is 0.294. The minimum Gasteiger partial charge on any atom is -0.404 e. The Labute approximate surface area is 161 Å². The number of hydrogen-bond acceptors (Lipinski definition) is 10. The number of aliphatic hydroxyl groups is 1. The molecule has 0 atom stereocenters. The molecule has 0 aliphatic rings. The van der Waals surface area contributed by atoms with E-state index in [0.29, 0.717) is 23.6 Å². The van der Waals surface area contributed by atoms with Crippen molar-refractivity contribution in [2.75, 3.05) is 36.1 Å². The van der Waals surface area contributed by atoms with E-state index in [2.05, 4.69) is 25.6 Å². The second kappa shape index (κ2) is 10.2. The number of anilines is 3. The van der Waals surface area contributed by atoms with Gasteiger partial charge in [-0.3, -0.25) is 4.99 Å². The molecule has 144 valence electrons. The molecule has 0 saturated heterocycles. The van der Waals surface area contributed by atoms with E-state index in [1.165, 1.54) is 29.9 Å². The second-order valence-corrected chi connectivity index (χ2v) is 6.56. The molecule has 8 N–H and O–H groups in total. The molecule has 2 aromatic heterocycles. The number of nitrogens with two attached hydrogens (primary N) is 2. The first-order valence-corrected chi connectivity index (χ1v) is 9.20. The highest BCUT2D eigenvalue weighted by Gasteiger charge is 2.10. The van der Waals surface area contributed by atoms with Crippen LogP contribution in [0.2, 0.25) is 0 Å². The van der Waals surface area contributed by atoms with Crippen LogP contribution in [-0.4, -0.2) is 47.2 Å². The molecule has 0 amide bonds. The van der Waals surface area contributed by atoms with Gasteiger partial charge in [-0.2, -0.15) is 0 Å². The minimum atomic E-state index is -0.0397. The Morgan fingerprint density at radius 3 is 2.93 bits per heavy atom. The SMILES string of the molecule is CCNc1cc(CNc2nc(C(C=NCCO)=CN)cnc2N)sc1C=N. The van der Waals surface area contributed by atoms with Crippen molar-refractivity contribution in [3.05, 3.63) is 33.9 Å². The summed E-state index contributed by atoms with van der Waals surface area (Å²) < 4.78 is 0. The summed E-state index contributed by atoms with van der Waals surface area (Å²) in [4.78, 5) is 14.6. The molecular weight excluding hydrogens is 364 g/mol. The summed E-state index contributed by atoms with van der Waals surface area (Å²) in [6.45, 7) is 3.54. The second-order valence-electron chi connectivity index (χ2n) is 5.39. The van der Waals surface area contributed by atoms with Crippen LogP contribution in [0.4, 0.5) is 17.3 Å². The summed E-state index contributed by atoms with van der Waals surface area (Å²) in [5, 5.41) is 22.7. The lowest BCUT2D eigenvalue weighted by atomic mass is 10.2.